The van der Waals surface area contributed by atoms with Crippen molar-refractivity contribution in [3.63, 3.8) is 0 Å². The summed E-state index contributed by atoms with van der Waals surface area (Å²) in [5.74, 6) is -0.911. The predicted octanol–water partition coefficient (Wildman–Crippen LogP) is -0.985. The smallest absolute Gasteiger partial charge is 0.322 e. The Morgan fingerprint density at radius 2 is 1.93 bits per heavy atom. The molecule has 0 saturated carbocycles. The third kappa shape index (κ3) is 4.75. The van der Waals surface area contributed by atoms with Crippen LogP contribution in [-0.2, 0) is 19.1 Å². The van der Waals surface area contributed by atoms with Gasteiger partial charge in [0, 0.05) is 6.54 Å². The van der Waals surface area contributed by atoms with Crippen molar-refractivity contribution >= 4 is 11.9 Å². The third-order valence-electron chi connectivity index (χ3n) is 2.04. The van der Waals surface area contributed by atoms with Gasteiger partial charge in [0.05, 0.1) is 27.4 Å². The molecule has 0 aromatic rings. The molecule has 0 aromatic carbocycles. The van der Waals surface area contributed by atoms with E-state index in [2.05, 4.69) is 9.47 Å². The Labute approximate surface area is 88.8 Å². The Bertz CT molecular complexity index is 219. The number of aliphatic hydroxyl groups excluding tert-OH is 1. The standard InChI is InChI=1S/C9H17NO5/c1-7(9(13)15-3)10(4-5-11)6-8(12)14-2/h7,11H,4-6H2,1-3H3. The second-order valence-corrected chi connectivity index (χ2v) is 2.97. The molecular formula is C9H17NO5. The van der Waals surface area contributed by atoms with Crippen LogP contribution in [0.15, 0.2) is 0 Å². The van der Waals surface area contributed by atoms with Crippen LogP contribution in [0.5, 0.6) is 0 Å². The van der Waals surface area contributed by atoms with E-state index in [4.69, 9.17) is 5.11 Å². The Kier molecular flexibility index (Phi) is 6.64. The van der Waals surface area contributed by atoms with Crippen molar-refractivity contribution in [2.75, 3.05) is 33.9 Å². The molecule has 0 fully saturated rings. The first kappa shape index (κ1) is 13.9. The van der Waals surface area contributed by atoms with Gasteiger partial charge >= 0.3 is 11.9 Å². The molecule has 1 atom stereocenters. The molecular weight excluding hydrogens is 202 g/mol. The summed E-state index contributed by atoms with van der Waals surface area (Å²) in [6, 6.07) is -0.582. The molecule has 6 nitrogen and oxygen atoms in total. The van der Waals surface area contributed by atoms with Crippen molar-refractivity contribution in [3.8, 4) is 0 Å². The zero-order chi connectivity index (χ0) is 11.8. The number of aliphatic hydroxyl groups is 1. The fourth-order valence-electron chi connectivity index (χ4n) is 1.09. The molecule has 0 aromatic heterocycles. The maximum atomic E-state index is 11.2. The predicted molar refractivity (Wildman–Crippen MR) is 52.2 cm³/mol. The number of hydrogen-bond acceptors (Lipinski definition) is 6. The van der Waals surface area contributed by atoms with Crippen molar-refractivity contribution in [3.05, 3.63) is 0 Å². The lowest BCUT2D eigenvalue weighted by Gasteiger charge is -2.24. The number of hydrogen-bond donors (Lipinski definition) is 1. The number of carbonyl (C=O) groups is 2. The van der Waals surface area contributed by atoms with Crippen LogP contribution in [0, 0.1) is 0 Å². The molecule has 0 aliphatic carbocycles. The van der Waals surface area contributed by atoms with Gasteiger partial charge in [-0.15, -0.1) is 0 Å². The molecule has 1 unspecified atom stereocenters. The molecule has 88 valence electrons. The van der Waals surface area contributed by atoms with E-state index in [0.717, 1.165) is 0 Å². The fraction of sp³-hybridized carbons (Fsp3) is 0.778. The average Bonchev–Trinajstić information content (AvgIpc) is 2.26. The molecule has 0 saturated heterocycles. The Balaban J connectivity index is 4.36. The van der Waals surface area contributed by atoms with E-state index < -0.39 is 18.0 Å². The van der Waals surface area contributed by atoms with Gasteiger partial charge in [0.15, 0.2) is 0 Å². The summed E-state index contributed by atoms with van der Waals surface area (Å²) in [4.78, 5) is 23.7. The minimum atomic E-state index is -0.582. The van der Waals surface area contributed by atoms with Gasteiger partial charge in [0.2, 0.25) is 0 Å². The molecule has 15 heavy (non-hydrogen) atoms. The van der Waals surface area contributed by atoms with Crippen LogP contribution < -0.4 is 0 Å². The highest BCUT2D eigenvalue weighted by Crippen LogP contribution is 2.01. The lowest BCUT2D eigenvalue weighted by Crippen LogP contribution is -2.44. The Hall–Kier alpha value is -1.14. The largest absolute Gasteiger partial charge is 0.468 e. The van der Waals surface area contributed by atoms with Crippen molar-refractivity contribution in [2.24, 2.45) is 0 Å². The van der Waals surface area contributed by atoms with E-state index in [9.17, 15) is 9.59 Å². The molecule has 0 amide bonds. The molecule has 0 aliphatic heterocycles. The van der Waals surface area contributed by atoms with E-state index in [1.165, 1.54) is 19.1 Å². The second kappa shape index (κ2) is 7.19. The number of nitrogens with zero attached hydrogens (tertiary/aromatic N) is 1. The van der Waals surface area contributed by atoms with Gasteiger partial charge in [-0.1, -0.05) is 0 Å². The van der Waals surface area contributed by atoms with Crippen molar-refractivity contribution in [1.82, 2.24) is 4.90 Å². The van der Waals surface area contributed by atoms with E-state index in [1.807, 2.05) is 0 Å². The summed E-state index contributed by atoms with van der Waals surface area (Å²) in [5, 5.41) is 8.78. The van der Waals surface area contributed by atoms with Crippen molar-refractivity contribution in [1.29, 1.82) is 0 Å². The summed E-state index contributed by atoms with van der Waals surface area (Å²) < 4.78 is 9.02. The first-order valence-electron chi connectivity index (χ1n) is 4.56. The van der Waals surface area contributed by atoms with Crippen LogP contribution in [-0.4, -0.2) is 61.9 Å². The molecule has 0 rings (SSSR count). The van der Waals surface area contributed by atoms with Gasteiger partial charge in [-0.25, -0.2) is 0 Å². The van der Waals surface area contributed by atoms with Crippen molar-refractivity contribution in [2.45, 2.75) is 13.0 Å². The summed E-state index contributed by atoms with van der Waals surface area (Å²) in [6.45, 7) is 1.63. The molecule has 0 aliphatic rings. The monoisotopic (exact) mass is 219 g/mol. The summed E-state index contributed by atoms with van der Waals surface area (Å²) >= 11 is 0. The van der Waals surface area contributed by atoms with Crippen LogP contribution in [0.25, 0.3) is 0 Å². The van der Waals surface area contributed by atoms with Crippen molar-refractivity contribution < 1.29 is 24.2 Å². The maximum absolute atomic E-state index is 11.2. The van der Waals surface area contributed by atoms with Gasteiger partial charge in [-0.3, -0.25) is 14.5 Å². The summed E-state index contributed by atoms with van der Waals surface area (Å²) in [5.41, 5.74) is 0. The number of esters is 2. The van der Waals surface area contributed by atoms with Gasteiger partial charge in [0.25, 0.3) is 0 Å². The van der Waals surface area contributed by atoms with Crippen LogP contribution >= 0.6 is 0 Å². The zero-order valence-corrected chi connectivity index (χ0v) is 9.23. The topological polar surface area (TPSA) is 76.1 Å². The second-order valence-electron chi connectivity index (χ2n) is 2.97. The van der Waals surface area contributed by atoms with E-state index >= 15 is 0 Å². The highest BCUT2D eigenvalue weighted by Gasteiger charge is 2.23. The molecule has 0 spiro atoms. The molecule has 6 heteroatoms. The van der Waals surface area contributed by atoms with E-state index in [-0.39, 0.29) is 19.7 Å². The lowest BCUT2D eigenvalue weighted by atomic mass is 10.3. The number of ether oxygens (including phenoxy) is 2. The highest BCUT2D eigenvalue weighted by atomic mass is 16.5. The van der Waals surface area contributed by atoms with Crippen LogP contribution in [0.1, 0.15) is 6.92 Å². The number of methoxy groups -OCH3 is 2. The lowest BCUT2D eigenvalue weighted by molar-refractivity contribution is -0.149. The van der Waals surface area contributed by atoms with Crippen LogP contribution in [0.4, 0.5) is 0 Å². The number of rotatable bonds is 6. The number of carbonyl (C=O) groups excluding carboxylic acids is 2. The van der Waals surface area contributed by atoms with E-state index in [1.54, 1.807) is 6.92 Å². The normalized spacial score (nSPS) is 12.3. The molecule has 1 N–H and O–H groups in total. The highest BCUT2D eigenvalue weighted by molar-refractivity contribution is 5.77. The molecule has 0 bridgehead atoms. The molecule has 0 heterocycles. The summed E-state index contributed by atoms with van der Waals surface area (Å²) in [6.07, 6.45) is 0. The first-order chi connectivity index (χ1) is 7.06. The minimum Gasteiger partial charge on any atom is -0.468 e. The first-order valence-corrected chi connectivity index (χ1v) is 4.56. The Morgan fingerprint density at radius 3 is 2.33 bits per heavy atom. The minimum absolute atomic E-state index is 0.0483. The average molecular weight is 219 g/mol. The van der Waals surface area contributed by atoms with Gasteiger partial charge < -0.3 is 14.6 Å². The Morgan fingerprint density at radius 1 is 1.33 bits per heavy atom. The quantitative estimate of drug-likeness (QED) is 0.578. The van der Waals surface area contributed by atoms with Gasteiger partial charge in [0.1, 0.15) is 6.04 Å². The SMILES string of the molecule is COC(=O)CN(CCO)C(C)C(=O)OC. The van der Waals surface area contributed by atoms with E-state index in [0.29, 0.717) is 0 Å². The summed E-state index contributed by atoms with van der Waals surface area (Å²) in [7, 11) is 2.54. The third-order valence-corrected chi connectivity index (χ3v) is 2.04. The maximum Gasteiger partial charge on any atom is 0.322 e. The fourth-order valence-corrected chi connectivity index (χ4v) is 1.09. The van der Waals surface area contributed by atoms with Crippen LogP contribution in [0.2, 0.25) is 0 Å². The molecule has 0 radical (unpaired) electrons. The van der Waals surface area contributed by atoms with Crippen LogP contribution in [0.3, 0.4) is 0 Å². The zero-order valence-electron chi connectivity index (χ0n) is 9.23. The van der Waals surface area contributed by atoms with Gasteiger partial charge in [-0.05, 0) is 6.92 Å². The van der Waals surface area contributed by atoms with Gasteiger partial charge in [-0.2, -0.15) is 0 Å².